The van der Waals surface area contributed by atoms with Crippen LogP contribution in [0.2, 0.25) is 10.0 Å². The first-order chi connectivity index (χ1) is 11.3. The van der Waals surface area contributed by atoms with Crippen LogP contribution in [0.3, 0.4) is 0 Å². The molecule has 128 valence electrons. The van der Waals surface area contributed by atoms with E-state index < -0.39 is 24.3 Å². The molecule has 0 amide bonds. The number of rotatable bonds is 9. The molecule has 0 fully saturated rings. The number of Topliss-reactive ketones (excluding diaryl/α,β-unsaturated/α-hetero) is 1. The number of esters is 1. The number of nitriles is 1. The quantitative estimate of drug-likeness (QED) is 0.407. The van der Waals surface area contributed by atoms with E-state index in [1.807, 2.05) is 0 Å². The average molecular weight is 371 g/mol. The van der Waals surface area contributed by atoms with Gasteiger partial charge in [-0.15, -0.1) is 0 Å². The molecule has 6 nitrogen and oxygen atoms in total. The zero-order valence-electron chi connectivity index (χ0n) is 13.0. The normalized spacial score (nSPS) is 11.2. The maximum Gasteiger partial charge on any atom is 0.306 e. The average Bonchev–Trinajstić information content (AvgIpc) is 2.51. The maximum absolute atomic E-state index is 11.6. The Morgan fingerprint density at radius 1 is 1.38 bits per heavy atom. The van der Waals surface area contributed by atoms with Crippen LogP contribution in [0.5, 0.6) is 5.75 Å². The van der Waals surface area contributed by atoms with Gasteiger partial charge in [0, 0.05) is 17.2 Å². The van der Waals surface area contributed by atoms with Crippen molar-refractivity contribution in [1.82, 2.24) is 0 Å². The van der Waals surface area contributed by atoms with E-state index in [9.17, 15) is 9.59 Å². The summed E-state index contributed by atoms with van der Waals surface area (Å²) in [5.41, 5.74) is -0.0770. The zero-order valence-corrected chi connectivity index (χ0v) is 14.5. The predicted molar refractivity (Wildman–Crippen MR) is 89.7 cm³/mol. The Morgan fingerprint density at radius 3 is 2.67 bits per heavy atom. The molecule has 0 saturated heterocycles. The Morgan fingerprint density at radius 2 is 2.08 bits per heavy atom. The summed E-state index contributed by atoms with van der Waals surface area (Å²) in [6, 6.07) is 6.52. The van der Waals surface area contributed by atoms with Gasteiger partial charge >= 0.3 is 5.97 Å². The molecular weight excluding hydrogens is 355 g/mol. The van der Waals surface area contributed by atoms with E-state index in [4.69, 9.17) is 43.3 Å². The fourth-order valence-electron chi connectivity index (χ4n) is 1.71. The molecule has 0 bridgehead atoms. The first-order valence-corrected chi connectivity index (χ1v) is 7.81. The number of carbonyl (C=O) groups excluding carboxylic acids is 2. The molecule has 0 spiro atoms. The van der Waals surface area contributed by atoms with Crippen LogP contribution in [0, 0.1) is 22.7 Å². The van der Waals surface area contributed by atoms with Gasteiger partial charge in [-0.25, -0.2) is 0 Å². The van der Waals surface area contributed by atoms with Gasteiger partial charge in [0.05, 0.1) is 17.7 Å². The van der Waals surface area contributed by atoms with Crippen LogP contribution in [0.4, 0.5) is 0 Å². The van der Waals surface area contributed by atoms with Gasteiger partial charge in [0.15, 0.2) is 12.4 Å². The highest BCUT2D eigenvalue weighted by molar-refractivity contribution is 6.35. The Hall–Kier alpha value is -2.10. The molecule has 0 radical (unpaired) electrons. The summed E-state index contributed by atoms with van der Waals surface area (Å²) in [5.74, 6) is -1.90. The first kappa shape index (κ1) is 19.9. The monoisotopic (exact) mass is 370 g/mol. The number of nitrogens with zero attached hydrogens (tertiary/aromatic N) is 1. The largest absolute Gasteiger partial charge is 0.492 e. The number of hydrogen-bond donors (Lipinski definition) is 1. The van der Waals surface area contributed by atoms with E-state index in [1.165, 1.54) is 6.92 Å². The number of ketones is 1. The highest BCUT2D eigenvalue weighted by Gasteiger charge is 2.21. The summed E-state index contributed by atoms with van der Waals surface area (Å²) in [6.07, 6.45) is 0.427. The van der Waals surface area contributed by atoms with Crippen LogP contribution in [-0.4, -0.2) is 30.7 Å². The van der Waals surface area contributed by atoms with Crippen LogP contribution in [0.1, 0.15) is 19.8 Å². The predicted octanol–water partition coefficient (Wildman–Crippen LogP) is 3.44. The molecule has 1 N–H and O–H groups in total. The van der Waals surface area contributed by atoms with Crippen molar-refractivity contribution in [2.24, 2.45) is 5.92 Å². The second-order valence-corrected chi connectivity index (χ2v) is 5.74. The number of hydrogen-bond acceptors (Lipinski definition) is 6. The van der Waals surface area contributed by atoms with E-state index in [0.717, 1.165) is 0 Å². The topological polar surface area (TPSA) is 100 Å². The molecule has 0 aliphatic rings. The molecule has 1 aromatic carbocycles. The van der Waals surface area contributed by atoms with Crippen molar-refractivity contribution in [3.63, 3.8) is 0 Å². The summed E-state index contributed by atoms with van der Waals surface area (Å²) in [6.45, 7) is 1.08. The van der Waals surface area contributed by atoms with Crippen LogP contribution in [0.15, 0.2) is 18.2 Å². The molecule has 0 aliphatic carbocycles. The van der Waals surface area contributed by atoms with Gasteiger partial charge in [-0.05, 0) is 31.5 Å². The lowest BCUT2D eigenvalue weighted by atomic mass is 10.0. The molecular formula is C16H16Cl2N2O4. The van der Waals surface area contributed by atoms with Crippen molar-refractivity contribution in [1.29, 1.82) is 10.7 Å². The van der Waals surface area contributed by atoms with E-state index in [0.29, 0.717) is 22.2 Å². The summed E-state index contributed by atoms with van der Waals surface area (Å²) >= 11 is 11.7. The minimum atomic E-state index is -1.17. The van der Waals surface area contributed by atoms with Crippen LogP contribution in [-0.2, 0) is 14.3 Å². The van der Waals surface area contributed by atoms with Crippen molar-refractivity contribution in [2.45, 2.75) is 19.8 Å². The lowest BCUT2D eigenvalue weighted by molar-refractivity contribution is -0.148. The van der Waals surface area contributed by atoms with Gasteiger partial charge < -0.3 is 14.9 Å². The number of benzene rings is 1. The molecule has 0 saturated carbocycles. The molecule has 1 atom stereocenters. The van der Waals surface area contributed by atoms with Crippen molar-refractivity contribution < 1.29 is 19.1 Å². The summed E-state index contributed by atoms with van der Waals surface area (Å²) in [5, 5.41) is 16.9. The Balaban J connectivity index is 2.28. The number of carbonyl (C=O) groups is 2. The van der Waals surface area contributed by atoms with E-state index in [2.05, 4.69) is 0 Å². The van der Waals surface area contributed by atoms with E-state index >= 15 is 0 Å². The molecule has 1 aromatic rings. The zero-order chi connectivity index (χ0) is 18.1. The maximum atomic E-state index is 11.6. The molecule has 0 heterocycles. The minimum absolute atomic E-state index is 0.0548. The third-order valence-corrected chi connectivity index (χ3v) is 3.47. The van der Waals surface area contributed by atoms with Gasteiger partial charge in [-0.1, -0.05) is 23.2 Å². The van der Waals surface area contributed by atoms with Crippen LogP contribution >= 0.6 is 23.2 Å². The van der Waals surface area contributed by atoms with Crippen LogP contribution < -0.4 is 4.74 Å². The highest BCUT2D eigenvalue weighted by atomic mass is 35.5. The fraction of sp³-hybridized carbons (Fsp3) is 0.375. The molecule has 0 aromatic heterocycles. The Kier molecular flexibility index (Phi) is 8.24. The van der Waals surface area contributed by atoms with Gasteiger partial charge in [0.2, 0.25) is 0 Å². The van der Waals surface area contributed by atoms with E-state index in [-0.39, 0.29) is 18.7 Å². The minimum Gasteiger partial charge on any atom is -0.492 e. The standard InChI is InChI=1S/C16H16Cl2N2O4/c1-10(20)12(8-19)14(21)9-24-16(22)3-2-6-23-15-5-4-11(17)7-13(15)18/h4-5,7,12,20H,2-3,6,9H2,1H3. The van der Waals surface area contributed by atoms with Crippen molar-refractivity contribution in [3.05, 3.63) is 28.2 Å². The SMILES string of the molecule is CC(=N)C(C#N)C(=O)COC(=O)CCCOc1ccc(Cl)cc1Cl. The number of ether oxygens (including phenoxy) is 2. The summed E-state index contributed by atoms with van der Waals surface area (Å²) in [7, 11) is 0. The van der Waals surface area contributed by atoms with Gasteiger partial charge in [0.1, 0.15) is 11.7 Å². The lowest BCUT2D eigenvalue weighted by Crippen LogP contribution is -2.25. The Bertz CT molecular complexity index is 671. The molecule has 0 aliphatic heterocycles. The van der Waals surface area contributed by atoms with Crippen LogP contribution in [0.25, 0.3) is 0 Å². The van der Waals surface area contributed by atoms with Gasteiger partial charge in [-0.2, -0.15) is 5.26 Å². The Labute approximate surface area is 149 Å². The molecule has 24 heavy (non-hydrogen) atoms. The van der Waals surface area contributed by atoms with Crippen molar-refractivity contribution in [3.8, 4) is 11.8 Å². The van der Waals surface area contributed by atoms with Crippen molar-refractivity contribution in [2.75, 3.05) is 13.2 Å². The summed E-state index contributed by atoms with van der Waals surface area (Å²) in [4.78, 5) is 23.2. The molecule has 1 rings (SSSR count). The van der Waals surface area contributed by atoms with Crippen molar-refractivity contribution >= 4 is 40.7 Å². The first-order valence-electron chi connectivity index (χ1n) is 7.06. The van der Waals surface area contributed by atoms with Gasteiger partial charge in [-0.3, -0.25) is 9.59 Å². The molecule has 8 heteroatoms. The smallest absolute Gasteiger partial charge is 0.306 e. The second-order valence-electron chi connectivity index (χ2n) is 4.90. The lowest BCUT2D eigenvalue weighted by Gasteiger charge is -2.09. The van der Waals surface area contributed by atoms with E-state index in [1.54, 1.807) is 24.3 Å². The summed E-state index contributed by atoms with van der Waals surface area (Å²) < 4.78 is 10.2. The fourth-order valence-corrected chi connectivity index (χ4v) is 2.17. The number of nitrogens with one attached hydrogen (secondary N) is 1. The number of halogens is 2. The highest BCUT2D eigenvalue weighted by Crippen LogP contribution is 2.27. The van der Waals surface area contributed by atoms with Gasteiger partial charge in [0.25, 0.3) is 0 Å². The third kappa shape index (κ3) is 6.57. The second kappa shape index (κ2) is 9.91. The molecule has 1 unspecified atom stereocenters. The third-order valence-electron chi connectivity index (χ3n) is 2.94.